The van der Waals surface area contributed by atoms with Gasteiger partial charge in [0.15, 0.2) is 16.0 Å². The van der Waals surface area contributed by atoms with E-state index in [1.54, 1.807) is 63.1 Å². The molecule has 0 saturated carbocycles. The maximum absolute atomic E-state index is 12.2. The SMILES string of the molecule is CCOC(=O)c1cn(C)c(C(Br)(Nc2cc(C)c(=O)n(C)c2)c2ccc(Cl)cc2)n1. The van der Waals surface area contributed by atoms with Crippen molar-refractivity contribution in [1.29, 1.82) is 0 Å². The molecule has 0 amide bonds. The third kappa shape index (κ3) is 4.29. The highest BCUT2D eigenvalue weighted by molar-refractivity contribution is 9.09. The molecule has 0 aliphatic carbocycles. The second kappa shape index (κ2) is 8.65. The third-order valence-electron chi connectivity index (χ3n) is 4.59. The Kier molecular flexibility index (Phi) is 6.38. The summed E-state index contributed by atoms with van der Waals surface area (Å²) in [6.07, 6.45) is 3.32. The normalized spacial score (nSPS) is 13.0. The Labute approximate surface area is 187 Å². The van der Waals surface area contributed by atoms with E-state index < -0.39 is 10.4 Å². The topological polar surface area (TPSA) is 78.1 Å². The van der Waals surface area contributed by atoms with E-state index in [4.69, 9.17) is 16.3 Å². The minimum atomic E-state index is -1.01. The number of alkyl halides is 1. The van der Waals surface area contributed by atoms with Crippen LogP contribution in [0.15, 0.2) is 47.5 Å². The van der Waals surface area contributed by atoms with Crippen LogP contribution >= 0.6 is 27.5 Å². The minimum absolute atomic E-state index is 0.0752. The predicted octanol–water partition coefficient (Wildman–Crippen LogP) is 3.97. The number of aromatic nitrogens is 3. The lowest BCUT2D eigenvalue weighted by molar-refractivity contribution is 0.0520. The number of carbonyl (C=O) groups excluding carboxylic acids is 1. The van der Waals surface area contributed by atoms with Crippen LogP contribution in [0.1, 0.15) is 34.4 Å². The molecule has 2 heterocycles. The summed E-state index contributed by atoms with van der Waals surface area (Å²) in [6, 6.07) is 9.03. The number of hydrogen-bond donors (Lipinski definition) is 1. The fourth-order valence-corrected chi connectivity index (χ4v) is 4.16. The first-order valence-corrected chi connectivity index (χ1v) is 10.4. The predicted molar refractivity (Wildman–Crippen MR) is 120 cm³/mol. The summed E-state index contributed by atoms with van der Waals surface area (Å²) < 4.78 is 7.33. The summed E-state index contributed by atoms with van der Waals surface area (Å²) in [4.78, 5) is 28.8. The summed E-state index contributed by atoms with van der Waals surface area (Å²) in [7, 11) is 3.49. The molecule has 1 aromatic carbocycles. The molecule has 1 N–H and O–H groups in total. The molecule has 1 unspecified atom stereocenters. The van der Waals surface area contributed by atoms with Crippen molar-refractivity contribution in [2.75, 3.05) is 11.9 Å². The lowest BCUT2D eigenvalue weighted by Crippen LogP contribution is -2.34. The number of ether oxygens (including phenoxy) is 1. The Morgan fingerprint density at radius 1 is 1.23 bits per heavy atom. The first kappa shape index (κ1) is 22.1. The molecule has 30 heavy (non-hydrogen) atoms. The van der Waals surface area contributed by atoms with E-state index in [9.17, 15) is 9.59 Å². The second-order valence-electron chi connectivity index (χ2n) is 6.90. The summed E-state index contributed by atoms with van der Waals surface area (Å²) >= 11 is 9.89. The Morgan fingerprint density at radius 2 is 1.90 bits per heavy atom. The molecule has 0 aliphatic heterocycles. The summed E-state index contributed by atoms with van der Waals surface area (Å²) in [5.74, 6) is 0.0302. The van der Waals surface area contributed by atoms with Crippen LogP contribution in [0.2, 0.25) is 5.02 Å². The number of pyridine rings is 1. The van der Waals surface area contributed by atoms with Crippen LogP contribution in [0.4, 0.5) is 5.69 Å². The number of nitrogens with zero attached hydrogens (tertiary/aromatic N) is 3. The average molecular weight is 494 g/mol. The van der Waals surface area contributed by atoms with Crippen molar-refractivity contribution < 1.29 is 9.53 Å². The number of halogens is 2. The highest BCUT2D eigenvalue weighted by Gasteiger charge is 2.37. The van der Waals surface area contributed by atoms with Gasteiger partial charge in [0.25, 0.3) is 5.56 Å². The van der Waals surface area contributed by atoms with E-state index in [0.29, 0.717) is 22.1 Å². The molecule has 2 aromatic heterocycles. The van der Waals surface area contributed by atoms with Gasteiger partial charge in [-0.3, -0.25) is 4.79 Å². The Morgan fingerprint density at radius 3 is 2.50 bits per heavy atom. The maximum atomic E-state index is 12.2. The number of aryl methyl sites for hydroxylation is 3. The summed E-state index contributed by atoms with van der Waals surface area (Å²) in [5.41, 5.74) is 2.23. The monoisotopic (exact) mass is 492 g/mol. The van der Waals surface area contributed by atoms with Crippen molar-refractivity contribution in [3.05, 3.63) is 80.7 Å². The number of rotatable bonds is 6. The van der Waals surface area contributed by atoms with Crippen LogP contribution < -0.4 is 10.9 Å². The molecule has 9 heteroatoms. The van der Waals surface area contributed by atoms with Crippen LogP contribution in [0, 0.1) is 6.92 Å². The van der Waals surface area contributed by atoms with Gasteiger partial charge in [-0.05, 0) is 53.5 Å². The standard InChI is InChI=1S/C21H22BrClN4O3/c1-5-30-19(29)17-12-27(4)20(24-17)21(22,14-6-8-15(23)9-7-14)25-16-10-13(2)18(28)26(3)11-16/h6-12,25H,5H2,1-4H3. The zero-order valence-electron chi connectivity index (χ0n) is 17.1. The van der Waals surface area contributed by atoms with Crippen molar-refractivity contribution in [3.8, 4) is 0 Å². The van der Waals surface area contributed by atoms with E-state index in [1.807, 2.05) is 12.1 Å². The summed E-state index contributed by atoms with van der Waals surface area (Å²) in [5, 5.41) is 4.02. The van der Waals surface area contributed by atoms with Gasteiger partial charge in [-0.2, -0.15) is 0 Å². The van der Waals surface area contributed by atoms with E-state index in [1.165, 1.54) is 4.57 Å². The lowest BCUT2D eigenvalue weighted by Gasteiger charge is -2.30. The molecule has 0 bridgehead atoms. The highest BCUT2D eigenvalue weighted by atomic mass is 79.9. The number of esters is 1. The minimum Gasteiger partial charge on any atom is -0.461 e. The van der Waals surface area contributed by atoms with Crippen LogP contribution in [-0.4, -0.2) is 26.7 Å². The second-order valence-corrected chi connectivity index (χ2v) is 8.53. The largest absolute Gasteiger partial charge is 0.461 e. The van der Waals surface area contributed by atoms with Gasteiger partial charge < -0.3 is 19.2 Å². The number of benzene rings is 1. The number of nitrogens with one attached hydrogen (secondary N) is 1. The molecule has 3 aromatic rings. The Balaban J connectivity index is 2.15. The van der Waals surface area contributed by atoms with Crippen molar-refractivity contribution in [2.45, 2.75) is 18.3 Å². The Hall–Kier alpha value is -2.58. The quantitative estimate of drug-likeness (QED) is 0.319. The number of carbonyl (C=O) groups is 1. The summed E-state index contributed by atoms with van der Waals surface area (Å²) in [6.45, 7) is 3.76. The van der Waals surface area contributed by atoms with Gasteiger partial charge in [-0.15, -0.1) is 0 Å². The van der Waals surface area contributed by atoms with E-state index in [2.05, 4.69) is 26.2 Å². The van der Waals surface area contributed by atoms with Crippen LogP contribution in [-0.2, 0) is 23.3 Å². The zero-order chi connectivity index (χ0) is 22.1. The number of imidazole rings is 1. The molecule has 0 saturated heterocycles. The third-order valence-corrected chi connectivity index (χ3v) is 5.85. The van der Waals surface area contributed by atoms with E-state index >= 15 is 0 Å². The van der Waals surface area contributed by atoms with Crippen molar-refractivity contribution in [1.82, 2.24) is 14.1 Å². The average Bonchev–Trinajstić information content (AvgIpc) is 3.09. The zero-order valence-corrected chi connectivity index (χ0v) is 19.4. The fraction of sp³-hybridized carbons (Fsp3) is 0.286. The van der Waals surface area contributed by atoms with Gasteiger partial charge in [-0.1, -0.05) is 23.7 Å². The molecule has 0 aliphatic rings. The smallest absolute Gasteiger partial charge is 0.358 e. The van der Waals surface area contributed by atoms with Gasteiger partial charge in [0.05, 0.1) is 12.3 Å². The molecule has 1 atom stereocenters. The van der Waals surface area contributed by atoms with Crippen molar-refractivity contribution in [2.24, 2.45) is 14.1 Å². The molecular weight excluding hydrogens is 472 g/mol. The maximum Gasteiger partial charge on any atom is 0.358 e. The van der Waals surface area contributed by atoms with Gasteiger partial charge in [-0.25, -0.2) is 9.78 Å². The van der Waals surface area contributed by atoms with Crippen LogP contribution in [0.3, 0.4) is 0 Å². The van der Waals surface area contributed by atoms with Crippen molar-refractivity contribution in [3.63, 3.8) is 0 Å². The van der Waals surface area contributed by atoms with Crippen LogP contribution in [0.5, 0.6) is 0 Å². The number of anilines is 1. The van der Waals surface area contributed by atoms with Gasteiger partial charge >= 0.3 is 5.97 Å². The van der Waals surface area contributed by atoms with E-state index in [0.717, 1.165) is 5.56 Å². The Bertz CT molecular complexity index is 1110. The van der Waals surface area contributed by atoms with Gasteiger partial charge in [0, 0.05) is 37.1 Å². The molecule has 0 radical (unpaired) electrons. The molecule has 7 nitrogen and oxygen atoms in total. The molecule has 158 valence electrons. The van der Waals surface area contributed by atoms with Gasteiger partial charge in [0.1, 0.15) is 0 Å². The van der Waals surface area contributed by atoms with Crippen LogP contribution in [0.25, 0.3) is 0 Å². The molecule has 0 fully saturated rings. The highest BCUT2D eigenvalue weighted by Crippen LogP contribution is 2.39. The first-order valence-electron chi connectivity index (χ1n) is 9.27. The molecule has 3 rings (SSSR count). The lowest BCUT2D eigenvalue weighted by atomic mass is 10.1. The molecular formula is C21H22BrClN4O3. The molecule has 0 spiro atoms. The first-order chi connectivity index (χ1) is 14.2. The van der Waals surface area contributed by atoms with Crippen molar-refractivity contribution >= 4 is 39.2 Å². The number of hydrogen-bond acceptors (Lipinski definition) is 5. The van der Waals surface area contributed by atoms with Gasteiger partial charge in [0.2, 0.25) is 0 Å². The van der Waals surface area contributed by atoms with E-state index in [-0.39, 0.29) is 17.9 Å². The fourth-order valence-electron chi connectivity index (χ4n) is 3.17.